The summed E-state index contributed by atoms with van der Waals surface area (Å²) in [5.74, 6) is 1.98. The standard InChI is InChI=1S/C25H29FN2O2.C19H17F4NO2.C4H9NO/c1-27-10-12-28(13-11-27)15-20-17-30-24-9-8-22(29-16-18-2-3-18)14-23(24)25(20)19-4-6-21(26)7-5-19;1-2-24-10-13-11-25-17-8-7-15(26-19(21,22)23)9-16(17)18(13)12-3-5-14(20)6-4-12;1-3-6-4-2-5-1/h4-9,14,18H,2-3,10-13,15-17H2,1H3;3-9,24H,2,10-11H2,1H3;5H,1-4H2. The van der Waals surface area contributed by atoms with Gasteiger partial charge in [-0.1, -0.05) is 31.2 Å². The van der Waals surface area contributed by atoms with E-state index in [1.165, 1.54) is 48.7 Å². The molecule has 4 aromatic carbocycles. The minimum Gasteiger partial charge on any atom is -0.493 e. The van der Waals surface area contributed by atoms with E-state index in [2.05, 4.69) is 38.3 Å². The van der Waals surface area contributed by atoms with E-state index in [1.54, 1.807) is 24.3 Å². The van der Waals surface area contributed by atoms with Gasteiger partial charge in [0.15, 0.2) is 0 Å². The van der Waals surface area contributed by atoms with Gasteiger partial charge < -0.3 is 39.2 Å². The predicted molar refractivity (Wildman–Crippen MR) is 230 cm³/mol. The third-order valence-electron chi connectivity index (χ3n) is 11.1. The summed E-state index contributed by atoms with van der Waals surface area (Å²) in [5, 5.41) is 6.35. The van der Waals surface area contributed by atoms with Crippen molar-refractivity contribution >= 4 is 11.1 Å². The van der Waals surface area contributed by atoms with Gasteiger partial charge in [-0.2, -0.15) is 0 Å². The second-order valence-corrected chi connectivity index (χ2v) is 15.9. The molecule has 0 bridgehead atoms. The van der Waals surface area contributed by atoms with Crippen molar-refractivity contribution in [1.29, 1.82) is 0 Å². The maximum Gasteiger partial charge on any atom is 0.573 e. The van der Waals surface area contributed by atoms with Crippen LogP contribution in [0.4, 0.5) is 22.0 Å². The monoisotopic (exact) mass is 862 g/mol. The number of morpholine rings is 1. The van der Waals surface area contributed by atoms with Crippen molar-refractivity contribution in [1.82, 2.24) is 20.4 Å². The van der Waals surface area contributed by atoms with Gasteiger partial charge in [0.05, 0.1) is 19.8 Å². The maximum absolute atomic E-state index is 13.6. The molecule has 4 heterocycles. The van der Waals surface area contributed by atoms with Gasteiger partial charge in [0.25, 0.3) is 0 Å². The van der Waals surface area contributed by atoms with E-state index < -0.39 is 6.36 Å². The number of hydrogen-bond acceptors (Lipinski definition) is 9. The first kappa shape index (κ1) is 45.0. The molecular formula is C48H55F5N4O5. The Morgan fingerprint density at radius 3 is 1.79 bits per heavy atom. The van der Waals surface area contributed by atoms with Crippen molar-refractivity contribution in [3.8, 4) is 23.0 Å². The highest BCUT2D eigenvalue weighted by Crippen LogP contribution is 2.42. The van der Waals surface area contributed by atoms with Crippen molar-refractivity contribution in [3.05, 3.63) is 130 Å². The first-order chi connectivity index (χ1) is 30.0. The number of nitrogens with zero attached hydrogens (tertiary/aromatic N) is 2. The smallest absolute Gasteiger partial charge is 0.493 e. The number of benzene rings is 4. The summed E-state index contributed by atoms with van der Waals surface area (Å²) in [5.41, 5.74) is 7.26. The lowest BCUT2D eigenvalue weighted by molar-refractivity contribution is -0.274. The van der Waals surface area contributed by atoms with Gasteiger partial charge in [-0.05, 0) is 126 Å². The van der Waals surface area contributed by atoms with Crippen molar-refractivity contribution in [2.24, 2.45) is 5.92 Å². The van der Waals surface area contributed by atoms with Crippen LogP contribution in [0.15, 0.2) is 96.1 Å². The number of fused-ring (bicyclic) bond motifs is 2. The lowest BCUT2D eigenvalue weighted by Gasteiger charge is -2.34. The Morgan fingerprint density at radius 1 is 0.726 bits per heavy atom. The predicted octanol–water partition coefficient (Wildman–Crippen LogP) is 8.19. The van der Waals surface area contributed by atoms with Crippen LogP contribution in [0.25, 0.3) is 11.1 Å². The molecule has 0 amide bonds. The van der Waals surface area contributed by atoms with Gasteiger partial charge in [-0.15, -0.1) is 13.2 Å². The molecule has 1 aliphatic carbocycles. The molecule has 0 unspecified atom stereocenters. The van der Waals surface area contributed by atoms with Gasteiger partial charge in [-0.3, -0.25) is 4.90 Å². The molecule has 1 saturated carbocycles. The fourth-order valence-corrected chi connectivity index (χ4v) is 7.59. The minimum absolute atomic E-state index is 0.214. The Balaban J connectivity index is 0.000000166. The fraction of sp³-hybridized carbons (Fsp3) is 0.417. The molecule has 2 N–H and O–H groups in total. The summed E-state index contributed by atoms with van der Waals surface area (Å²) in [6.45, 7) is 13.8. The van der Waals surface area contributed by atoms with E-state index >= 15 is 0 Å². The minimum atomic E-state index is -4.78. The normalized spacial score (nSPS) is 17.9. The summed E-state index contributed by atoms with van der Waals surface area (Å²) >= 11 is 0. The second-order valence-electron chi connectivity index (χ2n) is 15.9. The first-order valence-corrected chi connectivity index (χ1v) is 21.3. The molecule has 0 spiro atoms. The lowest BCUT2D eigenvalue weighted by Crippen LogP contribution is -2.45. The molecule has 62 heavy (non-hydrogen) atoms. The Kier molecular flexibility index (Phi) is 15.5. The third kappa shape index (κ3) is 12.8. The summed E-state index contributed by atoms with van der Waals surface area (Å²) in [7, 11) is 2.17. The second kappa shape index (κ2) is 21.4. The molecule has 9 nitrogen and oxygen atoms in total. The summed E-state index contributed by atoms with van der Waals surface area (Å²) in [6.07, 6.45) is -2.25. The Hall–Kier alpha value is -4.99. The van der Waals surface area contributed by atoms with Crippen LogP contribution in [0.5, 0.6) is 23.0 Å². The van der Waals surface area contributed by atoms with Gasteiger partial charge in [0, 0.05) is 63.5 Å². The van der Waals surface area contributed by atoms with Crippen molar-refractivity contribution in [2.75, 3.05) is 99.0 Å². The number of ether oxygens (including phenoxy) is 5. The molecule has 3 fully saturated rings. The van der Waals surface area contributed by atoms with Gasteiger partial charge in [-0.25, -0.2) is 8.78 Å². The molecule has 9 rings (SSSR count). The molecule has 0 radical (unpaired) electrons. The van der Waals surface area contributed by atoms with Crippen molar-refractivity contribution in [2.45, 2.75) is 26.1 Å². The van der Waals surface area contributed by atoms with Crippen LogP contribution >= 0.6 is 0 Å². The van der Waals surface area contributed by atoms with Crippen molar-refractivity contribution in [3.63, 3.8) is 0 Å². The summed E-state index contributed by atoms with van der Waals surface area (Å²) < 4.78 is 91.5. The molecule has 5 aliphatic rings. The average Bonchev–Trinajstić information content (AvgIpc) is 4.12. The topological polar surface area (TPSA) is 76.7 Å². The number of alkyl halides is 3. The lowest BCUT2D eigenvalue weighted by atomic mass is 9.90. The van der Waals surface area contributed by atoms with E-state index in [1.807, 2.05) is 31.2 Å². The van der Waals surface area contributed by atoms with Gasteiger partial charge in [0.1, 0.15) is 47.8 Å². The summed E-state index contributed by atoms with van der Waals surface area (Å²) in [6, 6.07) is 22.7. The van der Waals surface area contributed by atoms with Gasteiger partial charge >= 0.3 is 6.36 Å². The summed E-state index contributed by atoms with van der Waals surface area (Å²) in [4.78, 5) is 4.85. The third-order valence-corrected chi connectivity index (χ3v) is 11.1. The fourth-order valence-electron chi connectivity index (χ4n) is 7.59. The highest BCUT2D eigenvalue weighted by molar-refractivity contribution is 5.88. The number of rotatable bonds is 11. The highest BCUT2D eigenvalue weighted by Gasteiger charge is 2.32. The number of halogens is 5. The Labute approximate surface area is 360 Å². The van der Waals surface area contributed by atoms with Crippen LogP contribution in [0.1, 0.15) is 42.0 Å². The molecular weight excluding hydrogens is 808 g/mol. The quantitative estimate of drug-likeness (QED) is 0.145. The van der Waals surface area contributed by atoms with E-state index in [0.29, 0.717) is 42.6 Å². The number of hydrogen-bond donors (Lipinski definition) is 2. The maximum atomic E-state index is 13.6. The van der Waals surface area contributed by atoms with E-state index in [-0.39, 0.29) is 17.4 Å². The zero-order chi connectivity index (χ0) is 43.5. The van der Waals surface area contributed by atoms with Crippen LogP contribution in [-0.2, 0) is 4.74 Å². The van der Waals surface area contributed by atoms with Crippen LogP contribution < -0.4 is 29.6 Å². The molecule has 0 aromatic heterocycles. The molecule has 2 saturated heterocycles. The van der Waals surface area contributed by atoms with Gasteiger partial charge in [0.2, 0.25) is 0 Å². The van der Waals surface area contributed by atoms with Crippen LogP contribution in [0.3, 0.4) is 0 Å². The largest absolute Gasteiger partial charge is 0.573 e. The molecule has 4 aliphatic heterocycles. The zero-order valence-corrected chi connectivity index (χ0v) is 35.3. The zero-order valence-electron chi connectivity index (χ0n) is 35.3. The van der Waals surface area contributed by atoms with Crippen LogP contribution in [0, 0.1) is 17.6 Å². The van der Waals surface area contributed by atoms with E-state index in [0.717, 1.165) is 112 Å². The van der Waals surface area contributed by atoms with Crippen molar-refractivity contribution < 1.29 is 45.6 Å². The van der Waals surface area contributed by atoms with Crippen LogP contribution in [-0.4, -0.2) is 115 Å². The molecule has 0 atom stereocenters. The number of piperazine rings is 1. The Bertz CT molecular complexity index is 2140. The average molecular weight is 863 g/mol. The number of nitrogens with one attached hydrogen (secondary N) is 2. The molecule has 332 valence electrons. The molecule has 14 heteroatoms. The van der Waals surface area contributed by atoms with E-state index in [9.17, 15) is 22.0 Å². The van der Waals surface area contributed by atoms with E-state index in [4.69, 9.17) is 18.9 Å². The molecule has 4 aromatic rings. The number of likely N-dealkylation sites (N-methyl/N-ethyl adjacent to an activating group) is 2. The van der Waals surface area contributed by atoms with Crippen LogP contribution in [0.2, 0.25) is 0 Å². The SMILES string of the molecule is C1COCCN1.CCNCC1=C(c2ccc(F)cc2)c2cc(OC(F)(F)F)ccc2OC1.CN1CCN(CC2=C(c3ccc(F)cc3)c3cc(OCC4CC4)ccc3OC2)CC1. The Morgan fingerprint density at radius 2 is 1.27 bits per heavy atom. The first-order valence-electron chi connectivity index (χ1n) is 21.3. The highest BCUT2D eigenvalue weighted by atomic mass is 19.4.